The lowest BCUT2D eigenvalue weighted by Gasteiger charge is -2.24. The van der Waals surface area contributed by atoms with Gasteiger partial charge in [0.05, 0.1) is 0 Å². The molecule has 0 aliphatic carbocycles. The highest BCUT2D eigenvalue weighted by Gasteiger charge is 2.26. The molecule has 3 rings (SSSR count). The molecular weight excluding hydrogens is 282 g/mol. The molecule has 1 aromatic heterocycles. The molecule has 0 saturated carbocycles. The van der Waals surface area contributed by atoms with Crippen molar-refractivity contribution >= 4 is 23.1 Å². The monoisotopic (exact) mass is 301 g/mol. The van der Waals surface area contributed by atoms with Gasteiger partial charge in [-0.25, -0.2) is 9.97 Å². The number of nitrogens with zero attached hydrogens (tertiary/aromatic N) is 3. The van der Waals surface area contributed by atoms with Crippen LogP contribution in [0.25, 0.3) is 0 Å². The van der Waals surface area contributed by atoms with E-state index in [9.17, 15) is 0 Å². The van der Waals surface area contributed by atoms with E-state index < -0.39 is 0 Å². The van der Waals surface area contributed by atoms with Gasteiger partial charge in [-0.1, -0.05) is 50.6 Å². The van der Waals surface area contributed by atoms with Crippen molar-refractivity contribution in [2.24, 2.45) is 0 Å². The Morgan fingerprint density at radius 2 is 1.86 bits per heavy atom. The Morgan fingerprint density at radius 3 is 2.57 bits per heavy atom. The van der Waals surface area contributed by atoms with Crippen molar-refractivity contribution in [3.63, 3.8) is 0 Å². The first-order valence-electron chi connectivity index (χ1n) is 7.28. The third-order valence-corrected chi connectivity index (χ3v) is 4.24. The van der Waals surface area contributed by atoms with E-state index in [1.165, 1.54) is 11.3 Å². The van der Waals surface area contributed by atoms with E-state index in [0.717, 1.165) is 30.2 Å². The highest BCUT2D eigenvalue weighted by Crippen LogP contribution is 2.37. The number of benzene rings is 1. The smallest absolute Gasteiger partial charge is 0.141 e. The summed E-state index contributed by atoms with van der Waals surface area (Å²) in [5, 5.41) is 0.550. The van der Waals surface area contributed by atoms with E-state index in [-0.39, 0.29) is 5.41 Å². The summed E-state index contributed by atoms with van der Waals surface area (Å²) < 4.78 is 0. The average Bonchev–Trinajstić information content (AvgIpc) is 2.84. The van der Waals surface area contributed by atoms with Crippen LogP contribution in [0.15, 0.2) is 24.3 Å². The van der Waals surface area contributed by atoms with E-state index in [0.29, 0.717) is 5.15 Å². The number of halogens is 1. The quantitative estimate of drug-likeness (QED) is 0.730. The van der Waals surface area contributed by atoms with Crippen molar-refractivity contribution < 1.29 is 0 Å². The topological polar surface area (TPSA) is 29.0 Å². The molecule has 110 valence electrons. The predicted molar refractivity (Wildman–Crippen MR) is 87.6 cm³/mol. The number of rotatable bonds is 1. The highest BCUT2D eigenvalue weighted by atomic mass is 35.5. The molecule has 3 nitrogen and oxygen atoms in total. The zero-order valence-corrected chi connectivity index (χ0v) is 13.7. The standard InChI is InChI=1S/C17H20ClN3/c1-11-14(18)19-16(17(2,3)4)20-15(11)21-10-9-12-7-5-6-8-13(12)21/h5-8H,9-10H2,1-4H3. The molecule has 2 aromatic rings. The molecule has 0 unspecified atom stereocenters. The summed E-state index contributed by atoms with van der Waals surface area (Å²) in [4.78, 5) is 11.5. The summed E-state index contributed by atoms with van der Waals surface area (Å²) in [6.45, 7) is 9.25. The molecule has 0 atom stereocenters. The fourth-order valence-corrected chi connectivity index (χ4v) is 2.80. The van der Waals surface area contributed by atoms with Gasteiger partial charge < -0.3 is 4.90 Å². The Morgan fingerprint density at radius 1 is 1.14 bits per heavy atom. The number of hydrogen-bond acceptors (Lipinski definition) is 3. The molecule has 0 fully saturated rings. The Bertz CT molecular complexity index is 689. The lowest BCUT2D eigenvalue weighted by molar-refractivity contribution is 0.544. The van der Waals surface area contributed by atoms with Gasteiger partial charge in [-0.2, -0.15) is 0 Å². The molecule has 0 spiro atoms. The van der Waals surface area contributed by atoms with E-state index >= 15 is 0 Å². The molecule has 0 N–H and O–H groups in total. The van der Waals surface area contributed by atoms with Crippen LogP contribution in [0, 0.1) is 6.92 Å². The number of aromatic nitrogens is 2. The van der Waals surface area contributed by atoms with Crippen LogP contribution in [0.5, 0.6) is 0 Å². The van der Waals surface area contributed by atoms with Gasteiger partial charge in [0, 0.05) is 23.2 Å². The van der Waals surface area contributed by atoms with Gasteiger partial charge in [0.15, 0.2) is 0 Å². The van der Waals surface area contributed by atoms with Gasteiger partial charge in [0.25, 0.3) is 0 Å². The molecule has 0 bridgehead atoms. The molecule has 1 aliphatic rings. The van der Waals surface area contributed by atoms with E-state index in [2.05, 4.69) is 54.9 Å². The Balaban J connectivity index is 2.13. The molecule has 4 heteroatoms. The van der Waals surface area contributed by atoms with Crippen molar-refractivity contribution in [2.75, 3.05) is 11.4 Å². The van der Waals surface area contributed by atoms with Crippen molar-refractivity contribution in [1.82, 2.24) is 9.97 Å². The first-order valence-corrected chi connectivity index (χ1v) is 7.66. The zero-order chi connectivity index (χ0) is 15.2. The molecule has 1 aliphatic heterocycles. The zero-order valence-electron chi connectivity index (χ0n) is 12.9. The second-order valence-electron chi connectivity index (χ2n) is 6.57. The minimum absolute atomic E-state index is 0.120. The largest absolute Gasteiger partial charge is 0.325 e. The Hall–Kier alpha value is -1.61. The molecule has 0 radical (unpaired) electrons. The maximum atomic E-state index is 6.35. The van der Waals surface area contributed by atoms with Crippen LogP contribution in [0.4, 0.5) is 11.5 Å². The molecule has 21 heavy (non-hydrogen) atoms. The maximum Gasteiger partial charge on any atom is 0.141 e. The summed E-state index contributed by atoms with van der Waals surface area (Å²) in [7, 11) is 0. The van der Waals surface area contributed by atoms with Gasteiger partial charge in [-0.15, -0.1) is 0 Å². The molecular formula is C17H20ClN3. The van der Waals surface area contributed by atoms with Crippen molar-refractivity contribution in [3.8, 4) is 0 Å². The number of hydrogen-bond donors (Lipinski definition) is 0. The third kappa shape index (κ3) is 2.51. The Kier molecular flexibility index (Phi) is 3.40. The SMILES string of the molecule is Cc1c(Cl)nc(C(C)(C)C)nc1N1CCc2ccccc21. The number of anilines is 2. The van der Waals surface area contributed by atoms with Crippen molar-refractivity contribution in [3.05, 3.63) is 46.4 Å². The summed E-state index contributed by atoms with van der Waals surface area (Å²) in [5.41, 5.74) is 3.42. The first kappa shape index (κ1) is 14.3. The minimum atomic E-state index is -0.120. The molecule has 2 heterocycles. The van der Waals surface area contributed by atoms with Crippen LogP contribution in [-0.2, 0) is 11.8 Å². The fraction of sp³-hybridized carbons (Fsp3) is 0.412. The van der Waals surface area contributed by atoms with E-state index in [1.807, 2.05) is 6.92 Å². The van der Waals surface area contributed by atoms with Gasteiger partial charge in [0.2, 0.25) is 0 Å². The average molecular weight is 302 g/mol. The van der Waals surface area contributed by atoms with E-state index in [1.54, 1.807) is 0 Å². The summed E-state index contributed by atoms with van der Waals surface area (Å²) in [6, 6.07) is 8.48. The van der Waals surface area contributed by atoms with Crippen LogP contribution in [-0.4, -0.2) is 16.5 Å². The maximum absolute atomic E-state index is 6.35. The van der Waals surface area contributed by atoms with Gasteiger partial charge >= 0.3 is 0 Å². The van der Waals surface area contributed by atoms with Gasteiger partial charge in [-0.05, 0) is 25.0 Å². The predicted octanol–water partition coefficient (Wildman–Crippen LogP) is 4.43. The van der Waals surface area contributed by atoms with Crippen molar-refractivity contribution in [2.45, 2.75) is 39.5 Å². The Labute approximate surface area is 131 Å². The first-order chi connectivity index (χ1) is 9.88. The second kappa shape index (κ2) is 4.99. The van der Waals surface area contributed by atoms with Crippen LogP contribution in [0.3, 0.4) is 0 Å². The van der Waals surface area contributed by atoms with Crippen LogP contribution >= 0.6 is 11.6 Å². The normalized spacial score (nSPS) is 14.4. The fourth-order valence-electron chi connectivity index (χ4n) is 2.63. The number of fused-ring (bicyclic) bond motifs is 1. The molecule has 0 amide bonds. The third-order valence-electron chi connectivity index (χ3n) is 3.87. The number of para-hydroxylation sites is 1. The lowest BCUT2D eigenvalue weighted by atomic mass is 9.95. The van der Waals surface area contributed by atoms with Crippen molar-refractivity contribution in [1.29, 1.82) is 0 Å². The second-order valence-corrected chi connectivity index (χ2v) is 6.92. The summed E-state index contributed by atoms with van der Waals surface area (Å²) >= 11 is 6.35. The lowest BCUT2D eigenvalue weighted by Crippen LogP contribution is -2.22. The highest BCUT2D eigenvalue weighted by molar-refractivity contribution is 6.30. The minimum Gasteiger partial charge on any atom is -0.325 e. The van der Waals surface area contributed by atoms with Crippen LogP contribution in [0.2, 0.25) is 5.15 Å². The summed E-state index contributed by atoms with van der Waals surface area (Å²) in [6.07, 6.45) is 1.04. The van der Waals surface area contributed by atoms with E-state index in [4.69, 9.17) is 16.6 Å². The van der Waals surface area contributed by atoms with Gasteiger partial charge in [-0.3, -0.25) is 0 Å². The van der Waals surface area contributed by atoms with Gasteiger partial charge in [0.1, 0.15) is 16.8 Å². The van der Waals surface area contributed by atoms with Crippen LogP contribution in [0.1, 0.15) is 37.7 Å². The molecule has 0 saturated heterocycles. The van der Waals surface area contributed by atoms with Crippen LogP contribution < -0.4 is 4.90 Å². The summed E-state index contributed by atoms with van der Waals surface area (Å²) in [5.74, 6) is 1.72. The molecule has 1 aromatic carbocycles.